The zero-order chi connectivity index (χ0) is 19.0. The fourth-order valence-corrected chi connectivity index (χ4v) is 2.28. The van der Waals surface area contributed by atoms with Crippen molar-refractivity contribution in [2.24, 2.45) is 0 Å². The van der Waals surface area contributed by atoms with Crippen LogP contribution in [-0.4, -0.2) is 21.8 Å². The van der Waals surface area contributed by atoms with Gasteiger partial charge in [-0.15, -0.1) is 5.92 Å². The van der Waals surface area contributed by atoms with Crippen LogP contribution in [0.4, 0.5) is 0 Å². The molecule has 0 saturated carbocycles. The monoisotopic (exact) mass is 352 g/mol. The second kappa shape index (κ2) is 14.1. The van der Waals surface area contributed by atoms with Crippen molar-refractivity contribution in [3.63, 3.8) is 0 Å². The van der Waals surface area contributed by atoms with E-state index in [-0.39, 0.29) is 19.1 Å². The molecule has 0 N–H and O–H groups in total. The summed E-state index contributed by atoms with van der Waals surface area (Å²) in [6.45, 7) is 2.17. The van der Waals surface area contributed by atoms with Gasteiger partial charge in [0, 0.05) is 12.8 Å². The van der Waals surface area contributed by atoms with Gasteiger partial charge in [-0.25, -0.2) is 0 Å². The molecule has 7 heteroatoms. The van der Waals surface area contributed by atoms with Crippen LogP contribution in [0.3, 0.4) is 0 Å². The van der Waals surface area contributed by atoms with Gasteiger partial charge in [-0.3, -0.25) is 25.0 Å². The molecule has 0 radical (unpaired) electrons. The second-order valence-electron chi connectivity index (χ2n) is 5.95. The van der Waals surface area contributed by atoms with E-state index in [0.717, 1.165) is 38.5 Å². The summed E-state index contributed by atoms with van der Waals surface area (Å²) in [5, 5.41) is 21.5. The van der Waals surface area contributed by atoms with Crippen LogP contribution >= 0.6 is 0 Å². The molecule has 0 bridgehead atoms. The van der Waals surface area contributed by atoms with Crippen molar-refractivity contribution >= 4 is 6.29 Å². The molecule has 0 spiro atoms. The van der Waals surface area contributed by atoms with Crippen molar-refractivity contribution in [2.75, 3.05) is 0 Å². The van der Waals surface area contributed by atoms with E-state index in [0.29, 0.717) is 6.42 Å². The molecule has 140 valence electrons. The Hall–Kier alpha value is -2.23. The first-order chi connectivity index (χ1) is 12.0. The number of hydrogen-bond acceptors (Lipinski definition) is 5. The van der Waals surface area contributed by atoms with E-state index in [9.17, 15) is 25.0 Å². The van der Waals surface area contributed by atoms with Crippen LogP contribution < -0.4 is 0 Å². The van der Waals surface area contributed by atoms with Crippen molar-refractivity contribution < 1.29 is 14.6 Å². The highest BCUT2D eigenvalue weighted by atomic mass is 16.7. The SMILES string of the molecule is CCCCCC#CC/C=C/CCCCCCC(C=O)([N+](=O)[O-])[N+](=O)[O-]. The van der Waals surface area contributed by atoms with Crippen LogP contribution in [0.15, 0.2) is 12.2 Å². The summed E-state index contributed by atoms with van der Waals surface area (Å²) in [7, 11) is 0. The molecule has 0 amide bonds. The van der Waals surface area contributed by atoms with Crippen molar-refractivity contribution in [3.8, 4) is 11.8 Å². The van der Waals surface area contributed by atoms with Gasteiger partial charge in [0.25, 0.3) is 6.29 Å². The smallest absolute Gasteiger partial charge is 0.287 e. The number of unbranched alkanes of at least 4 members (excludes halogenated alkanes) is 7. The van der Waals surface area contributed by atoms with Gasteiger partial charge in [0.05, 0.1) is 6.42 Å². The van der Waals surface area contributed by atoms with Gasteiger partial charge in [0.15, 0.2) is 0 Å². The molecule has 0 aliphatic carbocycles. The Morgan fingerprint density at radius 3 is 2.20 bits per heavy atom. The van der Waals surface area contributed by atoms with E-state index < -0.39 is 15.5 Å². The largest absolute Gasteiger partial charge is 0.512 e. The normalized spacial score (nSPS) is 11.1. The number of carbonyl (C=O) groups is 1. The molecule has 0 aromatic heterocycles. The van der Waals surface area contributed by atoms with Crippen LogP contribution in [0.1, 0.15) is 77.6 Å². The average molecular weight is 352 g/mol. The summed E-state index contributed by atoms with van der Waals surface area (Å²) in [4.78, 5) is 30.1. The molecule has 0 saturated heterocycles. The standard InChI is InChI=1S/C18H28N2O5/c1-2-3-4-5-6-7-8-9-10-11-12-13-14-15-16-18(17-21,19(22)23)20(24)25/h9-10,17H,2-5,8,11-16H2,1H3/b10-9+. The summed E-state index contributed by atoms with van der Waals surface area (Å²) >= 11 is 0. The second-order valence-corrected chi connectivity index (χ2v) is 5.95. The summed E-state index contributed by atoms with van der Waals surface area (Å²) < 4.78 is 0. The third kappa shape index (κ3) is 9.60. The van der Waals surface area contributed by atoms with Gasteiger partial charge in [0.1, 0.15) is 9.85 Å². The predicted molar refractivity (Wildman–Crippen MR) is 96.2 cm³/mol. The Bertz CT molecular complexity index is 491. The molecule has 0 aromatic rings. The van der Waals surface area contributed by atoms with Gasteiger partial charge >= 0.3 is 5.66 Å². The van der Waals surface area contributed by atoms with E-state index in [2.05, 4.69) is 24.8 Å². The molecular weight excluding hydrogens is 324 g/mol. The van der Waals surface area contributed by atoms with Gasteiger partial charge in [0.2, 0.25) is 0 Å². The van der Waals surface area contributed by atoms with Crippen LogP contribution in [0.5, 0.6) is 0 Å². The Morgan fingerprint density at radius 1 is 0.920 bits per heavy atom. The van der Waals surface area contributed by atoms with Crippen LogP contribution in [0.2, 0.25) is 0 Å². The minimum atomic E-state index is -2.68. The lowest BCUT2D eigenvalue weighted by molar-refractivity contribution is -0.774. The van der Waals surface area contributed by atoms with Crippen LogP contribution in [0, 0.1) is 32.1 Å². The molecule has 0 aliphatic rings. The maximum absolute atomic E-state index is 10.8. The lowest BCUT2D eigenvalue weighted by Gasteiger charge is -2.10. The zero-order valence-electron chi connectivity index (χ0n) is 14.9. The average Bonchev–Trinajstić information content (AvgIpc) is 2.58. The summed E-state index contributed by atoms with van der Waals surface area (Å²) in [6, 6.07) is 0. The van der Waals surface area contributed by atoms with Crippen molar-refractivity contribution in [2.45, 2.75) is 83.2 Å². The molecule has 7 nitrogen and oxygen atoms in total. The number of rotatable bonds is 14. The quantitative estimate of drug-likeness (QED) is 0.0881. The lowest BCUT2D eigenvalue weighted by Crippen LogP contribution is -2.47. The highest BCUT2D eigenvalue weighted by molar-refractivity contribution is 5.59. The molecule has 0 aliphatic heterocycles. The number of hydrogen-bond donors (Lipinski definition) is 0. The molecule has 0 rings (SSSR count). The fourth-order valence-electron chi connectivity index (χ4n) is 2.28. The van der Waals surface area contributed by atoms with E-state index >= 15 is 0 Å². The van der Waals surface area contributed by atoms with E-state index in [1.165, 1.54) is 12.8 Å². The van der Waals surface area contributed by atoms with E-state index in [4.69, 9.17) is 0 Å². The van der Waals surface area contributed by atoms with E-state index in [1.807, 2.05) is 6.08 Å². The number of nitro groups is 2. The predicted octanol–water partition coefficient (Wildman–Crippen LogP) is 4.31. The molecule has 0 unspecified atom stereocenters. The molecule has 0 aromatic carbocycles. The zero-order valence-corrected chi connectivity index (χ0v) is 14.9. The fraction of sp³-hybridized carbons (Fsp3) is 0.722. The molecular formula is C18H28N2O5. The van der Waals surface area contributed by atoms with Gasteiger partial charge in [-0.2, -0.15) is 0 Å². The molecule has 0 atom stereocenters. The Labute approximate surface area is 149 Å². The summed E-state index contributed by atoms with van der Waals surface area (Å²) in [6.07, 6.45) is 12.4. The highest BCUT2D eigenvalue weighted by Crippen LogP contribution is 2.18. The van der Waals surface area contributed by atoms with Crippen molar-refractivity contribution in [3.05, 3.63) is 32.4 Å². The van der Waals surface area contributed by atoms with Crippen LogP contribution in [0.25, 0.3) is 0 Å². The number of allylic oxidation sites excluding steroid dienone is 2. The molecule has 25 heavy (non-hydrogen) atoms. The molecule has 0 heterocycles. The Kier molecular flexibility index (Phi) is 12.9. The van der Waals surface area contributed by atoms with Crippen molar-refractivity contribution in [1.29, 1.82) is 0 Å². The topological polar surface area (TPSA) is 103 Å². The minimum absolute atomic E-state index is 0.168. The number of aldehydes is 1. The Balaban J connectivity index is 3.79. The number of nitrogens with zero attached hydrogens (tertiary/aromatic N) is 2. The maximum Gasteiger partial charge on any atom is 0.512 e. The maximum atomic E-state index is 10.8. The van der Waals surface area contributed by atoms with Gasteiger partial charge < -0.3 is 0 Å². The Morgan fingerprint density at radius 2 is 1.60 bits per heavy atom. The first-order valence-electron chi connectivity index (χ1n) is 8.87. The first-order valence-corrected chi connectivity index (χ1v) is 8.87. The van der Waals surface area contributed by atoms with Gasteiger partial charge in [-0.1, -0.05) is 50.7 Å². The van der Waals surface area contributed by atoms with E-state index in [1.54, 1.807) is 0 Å². The van der Waals surface area contributed by atoms with Crippen molar-refractivity contribution in [1.82, 2.24) is 0 Å². The lowest BCUT2D eigenvalue weighted by atomic mass is 10.0. The summed E-state index contributed by atoms with van der Waals surface area (Å²) in [5.74, 6) is 6.24. The summed E-state index contributed by atoms with van der Waals surface area (Å²) in [5.41, 5.74) is -2.68. The number of carbonyl (C=O) groups excluding carboxylic acids is 1. The third-order valence-corrected chi connectivity index (χ3v) is 3.90. The first kappa shape index (κ1) is 22.8. The minimum Gasteiger partial charge on any atom is -0.287 e. The molecule has 0 fully saturated rings. The van der Waals surface area contributed by atoms with Gasteiger partial charge in [-0.05, 0) is 25.7 Å². The third-order valence-electron chi connectivity index (χ3n) is 3.90. The van der Waals surface area contributed by atoms with Crippen LogP contribution in [-0.2, 0) is 4.79 Å². The highest BCUT2D eigenvalue weighted by Gasteiger charge is 2.55.